The van der Waals surface area contributed by atoms with Gasteiger partial charge in [0.25, 0.3) is 0 Å². The first-order valence-electron chi connectivity index (χ1n) is 7.22. The molecule has 1 aromatic rings. The van der Waals surface area contributed by atoms with Crippen LogP contribution in [0, 0.1) is 11.8 Å². The number of carbonyl (C=O) groups is 3. The van der Waals surface area contributed by atoms with Gasteiger partial charge in [0, 0.05) is 20.0 Å². The number of benzene rings is 1. The van der Waals surface area contributed by atoms with Crippen molar-refractivity contribution in [3.8, 4) is 0 Å². The number of hydrogen-bond donors (Lipinski definition) is 2. The van der Waals surface area contributed by atoms with E-state index >= 15 is 0 Å². The molecule has 1 aromatic carbocycles. The molecule has 1 fully saturated rings. The summed E-state index contributed by atoms with van der Waals surface area (Å²) in [6, 6.07) is 8.39. The number of carbonyl (C=O) groups excluding carboxylic acids is 2. The molecule has 1 heterocycles. The zero-order valence-electron chi connectivity index (χ0n) is 12.7. The quantitative estimate of drug-likeness (QED) is 0.851. The number of likely N-dealkylation sites (tertiary alicyclic amines) is 1. The van der Waals surface area contributed by atoms with Gasteiger partial charge in [-0.2, -0.15) is 0 Å². The van der Waals surface area contributed by atoms with Crippen LogP contribution in [-0.2, 0) is 14.4 Å². The molecule has 0 unspecified atom stereocenters. The maximum absolute atomic E-state index is 12.4. The monoisotopic (exact) mass is 304 g/mol. The van der Waals surface area contributed by atoms with Crippen molar-refractivity contribution in [1.82, 2.24) is 10.2 Å². The van der Waals surface area contributed by atoms with E-state index in [2.05, 4.69) is 5.32 Å². The standard InChI is InChI=1S/C16H20N2O4/c1-10(16(21)22)14(11-6-4-3-5-7-11)17-15(20)12-8-13(19)18(2)9-12/h3-7,10,12,14H,8-9H2,1-2H3,(H,17,20)(H,21,22)/t10-,12-,14+/m0/s1. The van der Waals surface area contributed by atoms with Gasteiger partial charge in [-0.1, -0.05) is 30.3 Å². The number of aliphatic carboxylic acids is 1. The van der Waals surface area contributed by atoms with E-state index in [1.54, 1.807) is 38.2 Å². The van der Waals surface area contributed by atoms with Gasteiger partial charge in [0.2, 0.25) is 11.8 Å². The van der Waals surface area contributed by atoms with Crippen molar-refractivity contribution in [1.29, 1.82) is 0 Å². The lowest BCUT2D eigenvalue weighted by atomic mass is 9.93. The highest BCUT2D eigenvalue weighted by Crippen LogP contribution is 2.24. The third kappa shape index (κ3) is 3.44. The van der Waals surface area contributed by atoms with Crippen LogP contribution in [0.1, 0.15) is 24.9 Å². The molecule has 2 rings (SSSR count). The molecule has 0 aromatic heterocycles. The highest BCUT2D eigenvalue weighted by atomic mass is 16.4. The van der Waals surface area contributed by atoms with Crippen LogP contribution in [0.4, 0.5) is 0 Å². The Hall–Kier alpha value is -2.37. The fourth-order valence-corrected chi connectivity index (χ4v) is 2.61. The van der Waals surface area contributed by atoms with Crippen LogP contribution < -0.4 is 5.32 Å². The van der Waals surface area contributed by atoms with Crippen LogP contribution in [-0.4, -0.2) is 41.4 Å². The molecule has 0 saturated carbocycles. The molecule has 0 bridgehead atoms. The zero-order chi connectivity index (χ0) is 16.3. The number of nitrogens with zero attached hydrogens (tertiary/aromatic N) is 1. The van der Waals surface area contributed by atoms with Crippen molar-refractivity contribution in [3.05, 3.63) is 35.9 Å². The van der Waals surface area contributed by atoms with Gasteiger partial charge in [0.05, 0.1) is 17.9 Å². The van der Waals surface area contributed by atoms with Crippen molar-refractivity contribution in [3.63, 3.8) is 0 Å². The lowest BCUT2D eigenvalue weighted by Gasteiger charge is -2.24. The minimum Gasteiger partial charge on any atom is -0.481 e. The first kappa shape index (κ1) is 16.0. The second-order valence-electron chi connectivity index (χ2n) is 5.70. The van der Waals surface area contributed by atoms with Crippen LogP contribution >= 0.6 is 0 Å². The maximum Gasteiger partial charge on any atom is 0.308 e. The molecular weight excluding hydrogens is 284 g/mol. The van der Waals surface area contributed by atoms with E-state index < -0.39 is 23.8 Å². The highest BCUT2D eigenvalue weighted by Gasteiger charge is 2.35. The number of rotatable bonds is 5. The summed E-state index contributed by atoms with van der Waals surface area (Å²) in [7, 11) is 1.66. The maximum atomic E-state index is 12.4. The molecule has 3 atom stereocenters. The van der Waals surface area contributed by atoms with Gasteiger partial charge in [-0.25, -0.2) is 0 Å². The molecule has 1 aliphatic rings. The predicted molar refractivity (Wildman–Crippen MR) is 79.9 cm³/mol. The first-order chi connectivity index (χ1) is 10.4. The van der Waals surface area contributed by atoms with Crippen LogP contribution in [0.15, 0.2) is 30.3 Å². The SMILES string of the molecule is C[C@H](C(=O)O)[C@@H](NC(=O)[C@H]1CC(=O)N(C)C1)c1ccccc1. The molecule has 0 radical (unpaired) electrons. The summed E-state index contributed by atoms with van der Waals surface area (Å²) in [5.41, 5.74) is 0.739. The molecule has 1 saturated heterocycles. The van der Waals surface area contributed by atoms with Gasteiger partial charge in [0.15, 0.2) is 0 Å². The van der Waals surface area contributed by atoms with Gasteiger partial charge in [-0.05, 0) is 12.5 Å². The Morgan fingerprint density at radius 1 is 1.32 bits per heavy atom. The van der Waals surface area contributed by atoms with E-state index in [9.17, 15) is 19.5 Å². The lowest BCUT2D eigenvalue weighted by Crippen LogP contribution is -2.39. The first-order valence-corrected chi connectivity index (χ1v) is 7.22. The van der Waals surface area contributed by atoms with Crippen molar-refractivity contribution in [2.24, 2.45) is 11.8 Å². The Balaban J connectivity index is 2.15. The third-order valence-corrected chi connectivity index (χ3v) is 4.06. The summed E-state index contributed by atoms with van der Waals surface area (Å²) in [6.07, 6.45) is 0.172. The Kier molecular flexibility index (Phi) is 4.80. The van der Waals surface area contributed by atoms with Crippen LogP contribution in [0.25, 0.3) is 0 Å². The Morgan fingerprint density at radius 2 is 1.95 bits per heavy atom. The van der Waals surface area contributed by atoms with Gasteiger partial charge in [0.1, 0.15) is 0 Å². The van der Waals surface area contributed by atoms with Gasteiger partial charge >= 0.3 is 5.97 Å². The molecule has 6 heteroatoms. The summed E-state index contributed by atoms with van der Waals surface area (Å²) in [5, 5.41) is 12.1. The number of carboxylic acids is 1. The molecule has 0 aliphatic carbocycles. The lowest BCUT2D eigenvalue weighted by molar-refractivity contribution is -0.142. The average Bonchev–Trinajstić information content (AvgIpc) is 2.84. The Bertz CT molecular complexity index is 573. The molecule has 6 nitrogen and oxygen atoms in total. The van der Waals surface area contributed by atoms with Crippen LogP contribution in [0.2, 0.25) is 0 Å². The second-order valence-corrected chi connectivity index (χ2v) is 5.70. The zero-order valence-corrected chi connectivity index (χ0v) is 12.7. The number of nitrogens with one attached hydrogen (secondary N) is 1. The smallest absolute Gasteiger partial charge is 0.308 e. The van der Waals surface area contributed by atoms with E-state index in [0.717, 1.165) is 5.56 Å². The van der Waals surface area contributed by atoms with E-state index in [4.69, 9.17) is 0 Å². The van der Waals surface area contributed by atoms with E-state index in [-0.39, 0.29) is 18.2 Å². The number of amides is 2. The minimum absolute atomic E-state index is 0.0669. The average molecular weight is 304 g/mol. The van der Waals surface area contributed by atoms with Crippen molar-refractivity contribution in [2.45, 2.75) is 19.4 Å². The second kappa shape index (κ2) is 6.60. The molecule has 2 amide bonds. The van der Waals surface area contributed by atoms with Crippen molar-refractivity contribution in [2.75, 3.05) is 13.6 Å². The van der Waals surface area contributed by atoms with Gasteiger partial charge in [-0.3, -0.25) is 14.4 Å². The molecule has 1 aliphatic heterocycles. The summed E-state index contributed by atoms with van der Waals surface area (Å²) in [6.45, 7) is 1.93. The number of hydrogen-bond acceptors (Lipinski definition) is 3. The third-order valence-electron chi connectivity index (χ3n) is 4.06. The molecule has 22 heavy (non-hydrogen) atoms. The van der Waals surface area contributed by atoms with Gasteiger partial charge < -0.3 is 15.3 Å². The molecule has 2 N–H and O–H groups in total. The highest BCUT2D eigenvalue weighted by molar-refractivity contribution is 5.89. The van der Waals surface area contributed by atoms with Crippen LogP contribution in [0.3, 0.4) is 0 Å². The largest absolute Gasteiger partial charge is 0.481 e. The Morgan fingerprint density at radius 3 is 2.45 bits per heavy atom. The van der Waals surface area contributed by atoms with E-state index in [1.165, 1.54) is 4.90 Å². The Labute approximate surface area is 129 Å². The van der Waals surface area contributed by atoms with Crippen molar-refractivity contribution < 1.29 is 19.5 Å². The summed E-state index contributed by atoms with van der Waals surface area (Å²) in [4.78, 5) is 36.7. The van der Waals surface area contributed by atoms with E-state index in [0.29, 0.717) is 6.54 Å². The van der Waals surface area contributed by atoms with Crippen molar-refractivity contribution >= 4 is 17.8 Å². The van der Waals surface area contributed by atoms with E-state index in [1.807, 2.05) is 6.07 Å². The van der Waals surface area contributed by atoms with Crippen LogP contribution in [0.5, 0.6) is 0 Å². The predicted octanol–water partition coefficient (Wildman–Crippen LogP) is 1.04. The molecule has 0 spiro atoms. The topological polar surface area (TPSA) is 86.7 Å². The fraction of sp³-hybridized carbons (Fsp3) is 0.438. The fourth-order valence-electron chi connectivity index (χ4n) is 2.61. The minimum atomic E-state index is -0.978. The summed E-state index contributed by atoms with van der Waals surface area (Å²) >= 11 is 0. The molecular formula is C16H20N2O4. The number of carboxylic acid groups (broad SMARTS) is 1. The van der Waals surface area contributed by atoms with Gasteiger partial charge in [-0.15, -0.1) is 0 Å². The normalized spacial score (nSPS) is 20.5. The summed E-state index contributed by atoms with van der Waals surface area (Å²) in [5.74, 6) is -2.51. The summed E-state index contributed by atoms with van der Waals surface area (Å²) < 4.78 is 0. The molecule has 118 valence electrons.